The van der Waals surface area contributed by atoms with Gasteiger partial charge in [0.25, 0.3) is 0 Å². The molecule has 6 aliphatic carbocycles. The van der Waals surface area contributed by atoms with Gasteiger partial charge in [0, 0.05) is 65.2 Å². The molecule has 0 radical (unpaired) electrons. The van der Waals surface area contributed by atoms with E-state index in [0.717, 1.165) is 44.2 Å². The zero-order valence-corrected chi connectivity index (χ0v) is 51.1. The first-order valence-corrected chi connectivity index (χ1v) is 31.2. The summed E-state index contributed by atoms with van der Waals surface area (Å²) < 4.78 is 14.4. The van der Waals surface area contributed by atoms with Crippen molar-refractivity contribution in [3.63, 3.8) is 0 Å². The first kappa shape index (κ1) is 49.3. The van der Waals surface area contributed by atoms with Crippen LogP contribution in [-0.2, 0) is 32.5 Å². The van der Waals surface area contributed by atoms with Crippen LogP contribution in [0.5, 0.6) is 0 Å². The predicted molar refractivity (Wildman–Crippen MR) is 357 cm³/mol. The molecule has 0 atom stereocenters. The molecule has 414 valence electrons. The molecule has 0 aliphatic heterocycles. The lowest BCUT2D eigenvalue weighted by Crippen LogP contribution is -2.17. The second-order valence-corrected chi connectivity index (χ2v) is 29.5. The van der Waals surface area contributed by atoms with E-state index in [0.29, 0.717) is 0 Å². The van der Waals surface area contributed by atoms with Gasteiger partial charge in [-0.25, -0.2) is 0 Å². The van der Waals surface area contributed by atoms with Gasteiger partial charge in [-0.15, -0.1) is 0 Å². The van der Waals surface area contributed by atoms with Crippen molar-refractivity contribution in [1.82, 2.24) is 0 Å². The van der Waals surface area contributed by atoms with Gasteiger partial charge in [-0.05, 0) is 217 Å². The molecular formula is C84H66O2. The maximum atomic E-state index is 7.20. The lowest BCUT2D eigenvalue weighted by Gasteiger charge is -2.25. The van der Waals surface area contributed by atoms with Gasteiger partial charge in [0.1, 0.15) is 22.3 Å². The van der Waals surface area contributed by atoms with Crippen LogP contribution in [-0.4, -0.2) is 0 Å². The molecule has 0 amide bonds. The Labute approximate surface area is 503 Å². The highest BCUT2D eigenvalue weighted by atomic mass is 16.3. The number of furan rings is 2. The summed E-state index contributed by atoms with van der Waals surface area (Å²) in [6.07, 6.45) is 0. The van der Waals surface area contributed by atoms with E-state index in [1.54, 1.807) is 0 Å². The molecule has 0 N–H and O–H groups in total. The minimum atomic E-state index is -0.338. The average Bonchev–Trinajstić information content (AvgIpc) is 1.57. The molecular weight excluding hydrogens is 1040 g/mol. The zero-order valence-electron chi connectivity index (χ0n) is 51.1. The Morgan fingerprint density at radius 2 is 0.500 bits per heavy atom. The van der Waals surface area contributed by atoms with Gasteiger partial charge in [0.05, 0.1) is 0 Å². The van der Waals surface area contributed by atoms with Gasteiger partial charge < -0.3 is 8.83 Å². The van der Waals surface area contributed by atoms with Crippen molar-refractivity contribution in [3.8, 4) is 89.0 Å². The summed E-state index contributed by atoms with van der Waals surface area (Å²) in [6, 6.07) is 70.3. The molecule has 0 saturated heterocycles. The maximum Gasteiger partial charge on any atom is 0.143 e. The van der Waals surface area contributed by atoms with Crippen molar-refractivity contribution >= 4 is 43.9 Å². The van der Waals surface area contributed by atoms with Gasteiger partial charge in [0.2, 0.25) is 0 Å². The third-order valence-corrected chi connectivity index (χ3v) is 23.1. The molecule has 13 aromatic rings. The van der Waals surface area contributed by atoms with Crippen LogP contribution in [0.1, 0.15) is 150 Å². The van der Waals surface area contributed by atoms with Gasteiger partial charge in [-0.1, -0.05) is 192 Å². The highest BCUT2D eigenvalue weighted by molar-refractivity contribution is 6.21. The standard InChI is InChI=1S/C84H66O2/c1-79(2)59-25-17-13-21-45(59)53-37-65-55(39-63(53)79)47-31-29-43(33-61(47)81(65,5)6)51-35-69-73(75-49-23-15-19-27-71(49)85-77(51)75)57-41-68-58(42-67(57)83(69,9)10)74-70(84(68,11)12)36-52(78-76(74)50-24-16-20-28-72(50)86-78)44-30-32-48-56-40-64-54(38-66(56)82(7,8)62(48)34-44)46-22-14-18-26-60(46)80(64,3)4/h13-42H,1-12H3. The molecule has 86 heavy (non-hydrogen) atoms. The van der Waals surface area contributed by atoms with E-state index >= 15 is 0 Å². The summed E-state index contributed by atoms with van der Waals surface area (Å²) in [4.78, 5) is 0. The van der Waals surface area contributed by atoms with Gasteiger partial charge in [-0.2, -0.15) is 0 Å². The minimum Gasteiger partial charge on any atom is -0.455 e. The fraction of sp³-hybridized carbons (Fsp3) is 0.214. The van der Waals surface area contributed by atoms with E-state index in [-0.39, 0.29) is 32.5 Å². The third-order valence-electron chi connectivity index (χ3n) is 23.1. The van der Waals surface area contributed by atoms with Crippen LogP contribution in [0, 0.1) is 0 Å². The largest absolute Gasteiger partial charge is 0.455 e. The molecule has 0 spiro atoms. The first-order valence-electron chi connectivity index (χ1n) is 31.2. The summed E-state index contributed by atoms with van der Waals surface area (Å²) in [5.74, 6) is 0. The number of rotatable bonds is 2. The first-order chi connectivity index (χ1) is 41.2. The monoisotopic (exact) mass is 1110 g/mol. The molecule has 0 unspecified atom stereocenters. The van der Waals surface area contributed by atoms with Gasteiger partial charge >= 0.3 is 0 Å². The predicted octanol–water partition coefficient (Wildman–Crippen LogP) is 22.7. The molecule has 19 rings (SSSR count). The van der Waals surface area contributed by atoms with E-state index in [2.05, 4.69) is 265 Å². The van der Waals surface area contributed by atoms with E-state index in [1.807, 2.05) is 0 Å². The van der Waals surface area contributed by atoms with E-state index < -0.39 is 0 Å². The summed E-state index contributed by atoms with van der Waals surface area (Å²) in [6.45, 7) is 29.1. The van der Waals surface area contributed by atoms with Crippen LogP contribution < -0.4 is 0 Å². The van der Waals surface area contributed by atoms with Crippen LogP contribution >= 0.6 is 0 Å². The SMILES string of the molecule is CC1(C)c2ccccc2-c2cc3c(cc21)-c1ccc(-c2cc4c(c5c2oc2ccccc25)-c2cc5c(cc2C4(C)C)-c2c(cc(-c4ccc6c(c4)C(C)(C)c4cc7c(cc4-6)C(C)(C)c4ccccc4-7)c4oc6ccccc6c24)C5(C)C)cc1C3(C)C. The smallest absolute Gasteiger partial charge is 0.143 e. The lowest BCUT2D eigenvalue weighted by atomic mass is 9.78. The van der Waals surface area contributed by atoms with Crippen LogP contribution in [0.25, 0.3) is 133 Å². The number of hydrogen-bond donors (Lipinski definition) is 0. The Morgan fingerprint density at radius 1 is 0.221 bits per heavy atom. The molecule has 0 fully saturated rings. The second-order valence-electron chi connectivity index (χ2n) is 29.5. The molecule has 0 bridgehead atoms. The van der Waals surface area contributed by atoms with Crippen molar-refractivity contribution in [1.29, 1.82) is 0 Å². The Morgan fingerprint density at radius 3 is 0.895 bits per heavy atom. The molecule has 2 heteroatoms. The fourth-order valence-electron chi connectivity index (χ4n) is 18.3. The molecule has 0 saturated carbocycles. The molecule has 11 aromatic carbocycles. The fourth-order valence-corrected chi connectivity index (χ4v) is 18.3. The van der Waals surface area contributed by atoms with Crippen LogP contribution in [0.15, 0.2) is 191 Å². The zero-order chi connectivity index (χ0) is 58.4. The number of hydrogen-bond acceptors (Lipinski definition) is 2. The average molecular weight is 1110 g/mol. The third kappa shape index (κ3) is 5.68. The topological polar surface area (TPSA) is 26.3 Å². The lowest BCUT2D eigenvalue weighted by molar-refractivity contribution is 0.650. The summed E-state index contributed by atoms with van der Waals surface area (Å²) in [5.41, 5.74) is 39.9. The van der Waals surface area contributed by atoms with Crippen molar-refractivity contribution in [2.24, 2.45) is 0 Å². The maximum absolute atomic E-state index is 7.20. The van der Waals surface area contributed by atoms with Crippen molar-refractivity contribution in [2.75, 3.05) is 0 Å². The summed E-state index contributed by atoms with van der Waals surface area (Å²) in [7, 11) is 0. The summed E-state index contributed by atoms with van der Waals surface area (Å²) >= 11 is 0. The van der Waals surface area contributed by atoms with Crippen molar-refractivity contribution in [2.45, 2.75) is 116 Å². The van der Waals surface area contributed by atoms with Gasteiger partial charge in [-0.3, -0.25) is 0 Å². The Bertz CT molecular complexity index is 5060. The van der Waals surface area contributed by atoms with Crippen molar-refractivity contribution < 1.29 is 8.83 Å². The Kier molecular flexibility index (Phi) is 8.79. The van der Waals surface area contributed by atoms with Crippen LogP contribution in [0.2, 0.25) is 0 Å². The second kappa shape index (κ2) is 15.3. The number of para-hydroxylation sites is 2. The molecule has 2 aromatic heterocycles. The number of benzene rings is 11. The van der Waals surface area contributed by atoms with E-state index in [9.17, 15) is 0 Å². The van der Waals surface area contributed by atoms with Gasteiger partial charge in [0.15, 0.2) is 0 Å². The van der Waals surface area contributed by atoms with E-state index in [4.69, 9.17) is 8.83 Å². The highest BCUT2D eigenvalue weighted by Crippen LogP contribution is 2.64. The molecule has 2 heterocycles. The van der Waals surface area contributed by atoms with Crippen LogP contribution in [0.3, 0.4) is 0 Å². The normalized spacial score (nSPS) is 17.6. The highest BCUT2D eigenvalue weighted by Gasteiger charge is 2.48. The summed E-state index contributed by atoms with van der Waals surface area (Å²) in [5, 5.41) is 4.74. The van der Waals surface area contributed by atoms with Crippen LogP contribution in [0.4, 0.5) is 0 Å². The minimum absolute atomic E-state index is 0.0680. The number of fused-ring (bicyclic) bond motifs is 26. The quantitative estimate of drug-likeness (QED) is 0.172. The Hall–Kier alpha value is -8.98. The molecule has 6 aliphatic rings. The van der Waals surface area contributed by atoms with E-state index in [1.165, 1.54) is 155 Å². The Balaban J connectivity index is 0.770. The molecule has 2 nitrogen and oxygen atoms in total. The van der Waals surface area contributed by atoms with Crippen molar-refractivity contribution in [3.05, 3.63) is 249 Å².